The van der Waals surface area contributed by atoms with Gasteiger partial charge in [-0.25, -0.2) is 14.4 Å². The highest BCUT2D eigenvalue weighted by Crippen LogP contribution is 2.31. The molecule has 0 bridgehead atoms. The fourth-order valence-corrected chi connectivity index (χ4v) is 5.04. The normalized spacial score (nSPS) is 16.8. The third kappa shape index (κ3) is 5.08. The maximum absolute atomic E-state index is 14.9. The molecule has 3 aromatic carbocycles. The number of likely N-dealkylation sites (N-methyl/N-ethyl adjacent to an activating group) is 1. The first-order valence-electron chi connectivity index (χ1n) is 12.8. The van der Waals surface area contributed by atoms with Crippen LogP contribution in [-0.4, -0.2) is 74.4 Å². The SMILES string of the molecule is CN1CCN(c2ccc(-c3cccc4cnc(Nc5ccc(N6CCOCC6)c(F)c5)nc34)cc2)CC1. The third-order valence-electron chi connectivity index (χ3n) is 7.21. The Morgan fingerprint density at radius 2 is 1.65 bits per heavy atom. The number of nitrogens with zero attached hydrogens (tertiary/aromatic N) is 5. The number of halogens is 1. The van der Waals surface area contributed by atoms with E-state index in [1.807, 2.05) is 29.3 Å². The molecule has 2 fully saturated rings. The zero-order valence-electron chi connectivity index (χ0n) is 21.0. The van der Waals surface area contributed by atoms with E-state index in [2.05, 4.69) is 57.5 Å². The number of piperazine rings is 1. The predicted octanol–water partition coefficient (Wildman–Crippen LogP) is 4.77. The first-order chi connectivity index (χ1) is 18.1. The van der Waals surface area contributed by atoms with E-state index in [4.69, 9.17) is 9.72 Å². The van der Waals surface area contributed by atoms with Crippen LogP contribution in [0.4, 0.5) is 27.4 Å². The Hall–Kier alpha value is -3.75. The molecule has 0 unspecified atom stereocenters. The minimum absolute atomic E-state index is 0.270. The van der Waals surface area contributed by atoms with Crippen molar-refractivity contribution in [2.75, 3.05) is 74.6 Å². The first-order valence-corrected chi connectivity index (χ1v) is 12.8. The maximum atomic E-state index is 14.9. The van der Waals surface area contributed by atoms with Gasteiger partial charge in [0.2, 0.25) is 5.95 Å². The molecule has 37 heavy (non-hydrogen) atoms. The van der Waals surface area contributed by atoms with E-state index in [0.717, 1.165) is 48.2 Å². The molecule has 2 saturated heterocycles. The monoisotopic (exact) mass is 498 g/mol. The fraction of sp³-hybridized carbons (Fsp3) is 0.310. The summed E-state index contributed by atoms with van der Waals surface area (Å²) in [6, 6.07) is 20.0. The molecule has 7 nitrogen and oxygen atoms in total. The fourth-order valence-electron chi connectivity index (χ4n) is 5.04. The molecule has 8 heteroatoms. The zero-order valence-corrected chi connectivity index (χ0v) is 21.0. The van der Waals surface area contributed by atoms with E-state index >= 15 is 0 Å². The average molecular weight is 499 g/mol. The van der Waals surface area contributed by atoms with Crippen molar-refractivity contribution in [1.82, 2.24) is 14.9 Å². The van der Waals surface area contributed by atoms with Gasteiger partial charge in [0, 0.05) is 67.8 Å². The smallest absolute Gasteiger partial charge is 0.227 e. The second-order valence-electron chi connectivity index (χ2n) is 9.66. The molecule has 3 heterocycles. The van der Waals surface area contributed by atoms with E-state index in [1.54, 1.807) is 6.07 Å². The van der Waals surface area contributed by atoms with Gasteiger partial charge in [-0.15, -0.1) is 0 Å². The first kappa shape index (κ1) is 23.6. The van der Waals surface area contributed by atoms with Crippen molar-refractivity contribution in [1.29, 1.82) is 0 Å². The van der Waals surface area contributed by atoms with Gasteiger partial charge in [-0.3, -0.25) is 0 Å². The van der Waals surface area contributed by atoms with Crippen LogP contribution in [0, 0.1) is 5.82 Å². The highest BCUT2D eigenvalue weighted by molar-refractivity contribution is 5.94. The van der Waals surface area contributed by atoms with Gasteiger partial charge in [-0.05, 0) is 42.9 Å². The Balaban J connectivity index is 1.24. The van der Waals surface area contributed by atoms with Crippen LogP contribution >= 0.6 is 0 Å². The topological polar surface area (TPSA) is 56.8 Å². The molecule has 0 amide bonds. The molecule has 0 atom stereocenters. The van der Waals surface area contributed by atoms with E-state index in [1.165, 1.54) is 11.8 Å². The summed E-state index contributed by atoms with van der Waals surface area (Å²) in [5, 5.41) is 4.14. The lowest BCUT2D eigenvalue weighted by Gasteiger charge is -2.34. The van der Waals surface area contributed by atoms with Crippen molar-refractivity contribution in [3.8, 4) is 11.1 Å². The summed E-state index contributed by atoms with van der Waals surface area (Å²) in [5.41, 5.74) is 5.46. The lowest BCUT2D eigenvalue weighted by atomic mass is 10.0. The van der Waals surface area contributed by atoms with Gasteiger partial charge >= 0.3 is 0 Å². The van der Waals surface area contributed by atoms with Crippen LogP contribution in [0.2, 0.25) is 0 Å². The minimum Gasteiger partial charge on any atom is -0.378 e. The van der Waals surface area contributed by atoms with Crippen LogP contribution in [-0.2, 0) is 4.74 Å². The minimum atomic E-state index is -0.270. The van der Waals surface area contributed by atoms with Gasteiger partial charge in [0.05, 0.1) is 24.4 Å². The average Bonchev–Trinajstić information content (AvgIpc) is 2.94. The number of nitrogens with one attached hydrogen (secondary N) is 1. The van der Waals surface area contributed by atoms with Crippen molar-refractivity contribution in [2.24, 2.45) is 0 Å². The molecule has 1 N–H and O–H groups in total. The highest BCUT2D eigenvalue weighted by atomic mass is 19.1. The van der Waals surface area contributed by atoms with Crippen LogP contribution in [0.25, 0.3) is 22.0 Å². The van der Waals surface area contributed by atoms with Gasteiger partial charge in [0.15, 0.2) is 0 Å². The Morgan fingerprint density at radius 3 is 2.41 bits per heavy atom. The third-order valence-corrected chi connectivity index (χ3v) is 7.21. The summed E-state index contributed by atoms with van der Waals surface area (Å²) < 4.78 is 20.3. The van der Waals surface area contributed by atoms with Crippen molar-refractivity contribution in [2.45, 2.75) is 0 Å². The molecule has 2 aliphatic rings. The number of morpholine rings is 1. The second-order valence-corrected chi connectivity index (χ2v) is 9.66. The Kier molecular flexibility index (Phi) is 6.59. The van der Waals surface area contributed by atoms with Crippen LogP contribution in [0.1, 0.15) is 0 Å². The number of rotatable bonds is 5. The summed E-state index contributed by atoms with van der Waals surface area (Å²) in [7, 11) is 2.17. The van der Waals surface area contributed by atoms with Crippen LogP contribution in [0.3, 0.4) is 0 Å². The van der Waals surface area contributed by atoms with E-state index < -0.39 is 0 Å². The predicted molar refractivity (Wildman–Crippen MR) is 147 cm³/mol. The summed E-state index contributed by atoms with van der Waals surface area (Å²) in [6.45, 7) is 6.86. The van der Waals surface area contributed by atoms with Gasteiger partial charge in [0.1, 0.15) is 5.82 Å². The standard InChI is InChI=1S/C29H31FN6O/c1-34-11-13-35(14-12-34)24-8-5-21(6-9-24)25-4-2-3-22-20-31-29(33-28(22)25)32-23-7-10-27(26(30)19-23)36-15-17-37-18-16-36/h2-10,19-20H,11-18H2,1H3,(H,31,32,33). The molecule has 6 rings (SSSR count). The Morgan fingerprint density at radius 1 is 0.865 bits per heavy atom. The van der Waals surface area contributed by atoms with Gasteiger partial charge in [-0.1, -0.05) is 30.3 Å². The molecule has 0 spiro atoms. The number of benzene rings is 3. The number of fused-ring (bicyclic) bond motifs is 1. The largest absolute Gasteiger partial charge is 0.378 e. The number of anilines is 4. The van der Waals surface area contributed by atoms with Crippen LogP contribution in [0.5, 0.6) is 0 Å². The second kappa shape index (κ2) is 10.3. The molecule has 4 aromatic rings. The summed E-state index contributed by atoms with van der Waals surface area (Å²) in [6.07, 6.45) is 1.81. The maximum Gasteiger partial charge on any atom is 0.227 e. The lowest BCUT2D eigenvalue weighted by Crippen LogP contribution is -2.44. The van der Waals surface area contributed by atoms with E-state index in [-0.39, 0.29) is 5.82 Å². The molecule has 0 aliphatic carbocycles. The van der Waals surface area contributed by atoms with Crippen molar-refractivity contribution in [3.63, 3.8) is 0 Å². The summed E-state index contributed by atoms with van der Waals surface area (Å²) >= 11 is 0. The zero-order chi connectivity index (χ0) is 25.2. The Bertz CT molecular complexity index is 1380. The number of hydrogen-bond acceptors (Lipinski definition) is 7. The van der Waals surface area contributed by atoms with E-state index in [0.29, 0.717) is 43.6 Å². The van der Waals surface area contributed by atoms with Gasteiger partial charge in [0.25, 0.3) is 0 Å². The lowest BCUT2D eigenvalue weighted by molar-refractivity contribution is 0.122. The summed E-state index contributed by atoms with van der Waals surface area (Å²) in [4.78, 5) is 16.1. The van der Waals surface area contributed by atoms with Crippen LogP contribution < -0.4 is 15.1 Å². The molecule has 0 radical (unpaired) electrons. The number of aromatic nitrogens is 2. The number of para-hydroxylation sites is 1. The number of hydrogen-bond donors (Lipinski definition) is 1. The quantitative estimate of drug-likeness (QED) is 0.426. The van der Waals surface area contributed by atoms with Gasteiger partial charge in [-0.2, -0.15) is 0 Å². The van der Waals surface area contributed by atoms with Crippen LogP contribution in [0.15, 0.2) is 66.9 Å². The van der Waals surface area contributed by atoms with Crippen molar-refractivity contribution in [3.05, 3.63) is 72.7 Å². The van der Waals surface area contributed by atoms with E-state index in [9.17, 15) is 4.39 Å². The summed E-state index contributed by atoms with van der Waals surface area (Å²) in [5.74, 6) is 0.168. The Labute approximate surface area is 216 Å². The van der Waals surface area contributed by atoms with Crippen molar-refractivity contribution >= 4 is 33.9 Å². The molecule has 190 valence electrons. The molecular weight excluding hydrogens is 467 g/mol. The molecule has 1 aromatic heterocycles. The molecule has 0 saturated carbocycles. The molecular formula is C29H31FN6O. The van der Waals surface area contributed by atoms with Crippen molar-refractivity contribution < 1.29 is 9.13 Å². The molecule has 2 aliphatic heterocycles. The highest BCUT2D eigenvalue weighted by Gasteiger charge is 2.17. The number of ether oxygens (including phenoxy) is 1. The van der Waals surface area contributed by atoms with Gasteiger partial charge < -0.3 is 24.8 Å².